The Morgan fingerprint density at radius 2 is 1.36 bits per heavy atom. The lowest BCUT2D eigenvalue weighted by Gasteiger charge is -2.40. The van der Waals surface area contributed by atoms with Gasteiger partial charge in [-0.15, -0.1) is 0 Å². The molecule has 3 aromatic carbocycles. The molecule has 1 fully saturated rings. The lowest BCUT2D eigenvalue weighted by atomic mass is 9.80. The summed E-state index contributed by atoms with van der Waals surface area (Å²) in [5.41, 5.74) is -2.98. The average Bonchev–Trinajstić information content (AvgIpc) is 3.63. The first kappa shape index (κ1) is 55.6. The number of hydrogen-bond donors (Lipinski definition) is 1. The van der Waals surface area contributed by atoms with Gasteiger partial charge in [-0.3, -0.25) is 23.9 Å². The first-order chi connectivity index (χ1) is 33.1. The average molecular weight is 1020 g/mol. The monoisotopic (exact) mass is 1020 g/mol. The molecule has 1 aliphatic rings. The molecular weight excluding hydrogens is 953 g/mol. The van der Waals surface area contributed by atoms with Gasteiger partial charge in [-0.2, -0.15) is 0 Å². The zero-order valence-corrected chi connectivity index (χ0v) is 43.3. The van der Waals surface area contributed by atoms with Crippen LogP contribution in [0.15, 0.2) is 101 Å². The van der Waals surface area contributed by atoms with Crippen molar-refractivity contribution in [2.75, 3.05) is 53.2 Å². The molecule has 378 valence electrons. The summed E-state index contributed by atoms with van der Waals surface area (Å²) >= 11 is 0. The van der Waals surface area contributed by atoms with Crippen molar-refractivity contribution in [3.05, 3.63) is 129 Å². The number of esters is 2. The number of rotatable bonds is 27. The Hall–Kier alpha value is -4.30. The second-order valence-corrected chi connectivity index (χ2v) is 21.0. The highest BCUT2D eigenvalue weighted by atomic mass is 33.1. The summed E-state index contributed by atoms with van der Waals surface area (Å²) in [6.07, 6.45) is -5.33. The zero-order chi connectivity index (χ0) is 50.3. The molecule has 0 amide bonds. The second-order valence-electron chi connectivity index (χ2n) is 16.7. The van der Waals surface area contributed by atoms with E-state index in [4.69, 9.17) is 42.2 Å². The summed E-state index contributed by atoms with van der Waals surface area (Å²) in [6.45, 7) is 13.4. The lowest BCUT2D eigenvalue weighted by Crippen LogP contribution is -2.50. The molecule has 5 atom stereocenters. The number of benzene rings is 3. The molecule has 2 heterocycles. The van der Waals surface area contributed by atoms with Gasteiger partial charge in [0.2, 0.25) is 5.41 Å². The van der Waals surface area contributed by atoms with E-state index in [2.05, 4.69) is 4.98 Å². The van der Waals surface area contributed by atoms with Crippen molar-refractivity contribution in [2.45, 2.75) is 103 Å². The third kappa shape index (κ3) is 13.6. The molecule has 1 aromatic heterocycles. The maximum absolute atomic E-state index is 17.7. The Labute approximate surface area is 412 Å². The van der Waals surface area contributed by atoms with Crippen LogP contribution in [-0.2, 0) is 47.9 Å². The van der Waals surface area contributed by atoms with Gasteiger partial charge in [-0.1, -0.05) is 90.0 Å². The van der Waals surface area contributed by atoms with Crippen LogP contribution >= 0.6 is 30.1 Å². The minimum absolute atomic E-state index is 0.0546. The van der Waals surface area contributed by atoms with Crippen molar-refractivity contribution >= 4 is 42.1 Å². The fourth-order valence-electron chi connectivity index (χ4n) is 7.79. The fourth-order valence-corrected chi connectivity index (χ4v) is 11.3. The Balaban J connectivity index is 1.64. The summed E-state index contributed by atoms with van der Waals surface area (Å²) in [6, 6.07) is 24.7. The standard InChI is InChI=1S/C49H65FN3O13PS2/c1-11-61-45(55)48(46(56)62-12-2,29-60-31-68-69-34(7)8)30-64-67(53(32(3)4)33(5)6)66-43-40(65-44(42(43)50)52-27-26-41(54)51-47(52)57)28-63-49(35-16-14-13-15-17-35,36-18-22-38(58-9)23-19-36)37-20-24-39(59-10)25-21-37/h13-27,32-34,40,42-44H,11-12,28-31H2,1-10H3,(H,51,54,57)/t40-,42-,43-,44-,67?/m1/s1. The molecule has 69 heavy (non-hydrogen) atoms. The summed E-state index contributed by atoms with van der Waals surface area (Å²) < 4.78 is 75.6. The molecule has 1 unspecified atom stereocenters. The van der Waals surface area contributed by atoms with Gasteiger partial charge in [-0.25, -0.2) is 13.9 Å². The van der Waals surface area contributed by atoms with Crippen LogP contribution < -0.4 is 20.7 Å². The predicted octanol–water partition coefficient (Wildman–Crippen LogP) is 8.42. The Bertz CT molecular complexity index is 2270. The minimum atomic E-state index is -2.41. The number of aromatic amines is 1. The molecule has 20 heteroatoms. The minimum Gasteiger partial charge on any atom is -0.497 e. The number of hydrogen-bond acceptors (Lipinski definition) is 16. The van der Waals surface area contributed by atoms with E-state index in [9.17, 15) is 19.2 Å². The number of alkyl halides is 1. The molecule has 4 aromatic rings. The number of methoxy groups -OCH3 is 2. The highest BCUT2D eigenvalue weighted by molar-refractivity contribution is 8.76. The van der Waals surface area contributed by atoms with Gasteiger partial charge in [0.1, 0.15) is 35.2 Å². The number of halogens is 1. The van der Waals surface area contributed by atoms with Gasteiger partial charge >= 0.3 is 17.6 Å². The van der Waals surface area contributed by atoms with Gasteiger partial charge in [0.25, 0.3) is 14.1 Å². The molecule has 0 spiro atoms. The van der Waals surface area contributed by atoms with Crippen LogP contribution in [0.4, 0.5) is 4.39 Å². The van der Waals surface area contributed by atoms with E-state index in [0.717, 1.165) is 22.4 Å². The number of ether oxygens (including phenoxy) is 7. The lowest BCUT2D eigenvalue weighted by molar-refractivity contribution is -0.179. The van der Waals surface area contributed by atoms with Crippen molar-refractivity contribution in [3.8, 4) is 11.5 Å². The number of carbonyl (C=O) groups is 2. The summed E-state index contributed by atoms with van der Waals surface area (Å²) in [5.74, 6) is -0.503. The molecule has 1 saturated heterocycles. The number of nitrogens with zero attached hydrogens (tertiary/aromatic N) is 2. The number of H-pyrrole nitrogens is 1. The number of aromatic nitrogens is 2. The van der Waals surface area contributed by atoms with Crippen molar-refractivity contribution in [1.29, 1.82) is 0 Å². The Morgan fingerprint density at radius 3 is 1.86 bits per heavy atom. The largest absolute Gasteiger partial charge is 0.497 e. The molecule has 5 rings (SSSR count). The van der Waals surface area contributed by atoms with Gasteiger partial charge in [0.05, 0.1) is 47.3 Å². The van der Waals surface area contributed by atoms with E-state index in [0.29, 0.717) is 22.6 Å². The van der Waals surface area contributed by atoms with Gasteiger partial charge in [-0.05, 0) is 82.5 Å². The summed E-state index contributed by atoms with van der Waals surface area (Å²) in [4.78, 5) is 55.7. The number of carbonyl (C=O) groups excluding carboxylic acids is 2. The van der Waals surface area contributed by atoms with Crippen LogP contribution in [0.2, 0.25) is 0 Å². The van der Waals surface area contributed by atoms with E-state index in [1.807, 2.05) is 125 Å². The highest BCUT2D eigenvalue weighted by Crippen LogP contribution is 2.52. The SMILES string of the molecule is CCOC(=O)C(COCSSC(C)C)(COP(O[C@H]1[C@@H](F)[C@H](n2ccc(=O)[nH]c2=O)O[C@@H]1COC(c1ccccc1)(c1ccc(OC)cc1)c1ccc(OC)cc1)N(C(C)C)C(C)C)C(=O)OCC. The maximum Gasteiger partial charge on any atom is 0.330 e. The van der Waals surface area contributed by atoms with Crippen LogP contribution in [0.3, 0.4) is 0 Å². The van der Waals surface area contributed by atoms with Crippen LogP contribution in [0.25, 0.3) is 0 Å². The zero-order valence-electron chi connectivity index (χ0n) is 40.8. The predicted molar refractivity (Wildman–Crippen MR) is 265 cm³/mol. The first-order valence-corrected chi connectivity index (χ1v) is 26.3. The molecule has 16 nitrogen and oxygen atoms in total. The van der Waals surface area contributed by atoms with E-state index in [-0.39, 0.29) is 43.1 Å². The van der Waals surface area contributed by atoms with Gasteiger partial charge in [0.15, 0.2) is 12.4 Å². The molecule has 0 saturated carbocycles. The van der Waals surface area contributed by atoms with Crippen molar-refractivity contribution < 1.29 is 56.2 Å². The van der Waals surface area contributed by atoms with Crippen LogP contribution in [0.1, 0.15) is 78.3 Å². The van der Waals surface area contributed by atoms with Crippen molar-refractivity contribution in [1.82, 2.24) is 14.2 Å². The highest BCUT2D eigenvalue weighted by Gasteiger charge is 2.54. The molecule has 0 radical (unpaired) electrons. The van der Waals surface area contributed by atoms with Crippen molar-refractivity contribution in [2.24, 2.45) is 5.41 Å². The molecular formula is C49H65FN3O13PS2. The quantitative estimate of drug-likeness (QED) is 0.0115. The third-order valence-electron chi connectivity index (χ3n) is 11.0. The Morgan fingerprint density at radius 1 is 0.812 bits per heavy atom. The van der Waals surface area contributed by atoms with Gasteiger partial charge < -0.3 is 42.2 Å². The molecule has 1 aliphatic heterocycles. The summed E-state index contributed by atoms with van der Waals surface area (Å²) in [7, 11) is 3.72. The smallest absolute Gasteiger partial charge is 0.330 e. The van der Waals surface area contributed by atoms with Crippen LogP contribution in [0, 0.1) is 5.41 Å². The second kappa shape index (κ2) is 26.2. The summed E-state index contributed by atoms with van der Waals surface area (Å²) in [5, 5.41) is 0.288. The van der Waals surface area contributed by atoms with E-state index >= 15 is 4.39 Å². The first-order valence-electron chi connectivity index (χ1n) is 22.7. The topological polar surface area (TPSA) is 175 Å². The van der Waals surface area contributed by atoms with Crippen molar-refractivity contribution in [3.63, 3.8) is 0 Å². The molecule has 0 bridgehead atoms. The van der Waals surface area contributed by atoms with E-state index in [1.165, 1.54) is 10.8 Å². The third-order valence-corrected chi connectivity index (χ3v) is 15.7. The van der Waals surface area contributed by atoms with Crippen LogP contribution in [-0.4, -0.2) is 115 Å². The number of nitrogens with one attached hydrogen (secondary N) is 1. The normalized spacial score (nSPS) is 18.0. The van der Waals surface area contributed by atoms with Crippen LogP contribution in [0.5, 0.6) is 11.5 Å². The molecule has 1 N–H and O–H groups in total. The Kier molecular flexibility index (Phi) is 21.1. The van der Waals surface area contributed by atoms with E-state index < -0.39 is 80.6 Å². The van der Waals surface area contributed by atoms with E-state index in [1.54, 1.807) is 38.9 Å². The maximum atomic E-state index is 17.7. The van der Waals surface area contributed by atoms with Gasteiger partial charge in [0, 0.05) is 29.6 Å². The fraction of sp³-hybridized carbons (Fsp3) is 0.510. The molecule has 0 aliphatic carbocycles.